The number of fused-ring (bicyclic) bond motifs is 6. The molecule has 5 heterocycles. The Balaban J connectivity index is 1.81. The van der Waals surface area contributed by atoms with Crippen molar-refractivity contribution in [1.82, 2.24) is 10.3 Å². The van der Waals surface area contributed by atoms with E-state index in [0.717, 1.165) is 11.4 Å². The number of hydrogen-bond donors (Lipinski definition) is 2. The van der Waals surface area contributed by atoms with Gasteiger partial charge in [0.2, 0.25) is 0 Å². The lowest BCUT2D eigenvalue weighted by molar-refractivity contribution is 0.563. The van der Waals surface area contributed by atoms with Crippen LogP contribution in [0.3, 0.4) is 0 Å². The molecule has 0 saturated heterocycles. The van der Waals surface area contributed by atoms with Gasteiger partial charge in [-0.15, -0.1) is 0 Å². The Bertz CT molecular complexity index is 1430. The molecule has 0 amide bonds. The van der Waals surface area contributed by atoms with Crippen LogP contribution in [0.4, 0.5) is 0 Å². The summed E-state index contributed by atoms with van der Waals surface area (Å²) in [6, 6.07) is 0.370. The molecule has 190 valence electrons. The van der Waals surface area contributed by atoms with Crippen molar-refractivity contribution in [3.63, 3.8) is 0 Å². The minimum absolute atomic E-state index is 0.118. The summed E-state index contributed by atoms with van der Waals surface area (Å²) in [5.74, 6) is 0.522. The first-order valence-electron chi connectivity index (χ1n) is 13.4. The standard InChI is InChI=1S/C32H42N4/c1-13-14(2)26-22(10)28-17(5)18(6)30(35-28)24(12)32-20(8)19(7)31(36-32)23(11)29-16(4)15(3)27(34-29)21(9)25(13)33-26/h21,24-25,30,33-34H,1-12H3/b26-22-,31-23-. The molecular weight excluding hydrogens is 440 g/mol. The van der Waals surface area contributed by atoms with Gasteiger partial charge in [0.25, 0.3) is 0 Å². The molecule has 0 saturated carbocycles. The van der Waals surface area contributed by atoms with Gasteiger partial charge in [0.15, 0.2) is 0 Å². The monoisotopic (exact) mass is 482 g/mol. The van der Waals surface area contributed by atoms with Crippen molar-refractivity contribution in [3.8, 4) is 0 Å². The summed E-state index contributed by atoms with van der Waals surface area (Å²) in [5.41, 5.74) is 20.5. The molecule has 1 aromatic rings. The number of H-pyrrole nitrogens is 1. The van der Waals surface area contributed by atoms with Crippen LogP contribution in [0, 0.1) is 19.8 Å². The SMILES string of the molecule is CC1=C(C)/C2=C(\C)c3[nH]c(c(C)c3C)C(C)C3N/C(=C(/C)C4=NC(C(C)=C4C)C(C)C1=N2)C(C)=C3C. The molecule has 5 rings (SSSR count). The average Bonchev–Trinajstić information content (AvgIpc) is 3.52. The first-order valence-corrected chi connectivity index (χ1v) is 13.4. The van der Waals surface area contributed by atoms with E-state index < -0.39 is 0 Å². The van der Waals surface area contributed by atoms with Crippen molar-refractivity contribution in [2.45, 2.75) is 101 Å². The third-order valence-corrected chi connectivity index (χ3v) is 9.85. The summed E-state index contributed by atoms with van der Waals surface area (Å²) in [7, 11) is 0. The summed E-state index contributed by atoms with van der Waals surface area (Å²) in [4.78, 5) is 14.5. The Morgan fingerprint density at radius 2 is 1.31 bits per heavy atom. The molecule has 0 aliphatic carbocycles. The third kappa shape index (κ3) is 3.26. The van der Waals surface area contributed by atoms with Gasteiger partial charge in [-0.3, -0.25) is 9.98 Å². The van der Waals surface area contributed by atoms with Gasteiger partial charge in [-0.25, -0.2) is 0 Å². The summed E-state index contributed by atoms with van der Waals surface area (Å²) in [5, 5.41) is 3.94. The molecule has 0 spiro atoms. The summed E-state index contributed by atoms with van der Waals surface area (Å²) >= 11 is 0. The number of hydrogen-bond acceptors (Lipinski definition) is 3. The van der Waals surface area contributed by atoms with Crippen LogP contribution in [0.2, 0.25) is 0 Å². The van der Waals surface area contributed by atoms with E-state index in [0.29, 0.717) is 5.92 Å². The van der Waals surface area contributed by atoms with Crippen molar-refractivity contribution in [3.05, 3.63) is 72.9 Å². The fourth-order valence-electron chi connectivity index (χ4n) is 6.86. The fourth-order valence-corrected chi connectivity index (χ4v) is 6.86. The molecule has 4 aliphatic heterocycles. The fraction of sp³-hybridized carbons (Fsp3) is 0.500. The van der Waals surface area contributed by atoms with Gasteiger partial charge in [-0.1, -0.05) is 13.8 Å². The van der Waals surface area contributed by atoms with Crippen LogP contribution in [0.25, 0.3) is 5.57 Å². The largest absolute Gasteiger partial charge is 0.377 e. The zero-order valence-corrected chi connectivity index (χ0v) is 24.2. The molecule has 0 radical (unpaired) electrons. The molecule has 4 atom stereocenters. The van der Waals surface area contributed by atoms with Crippen LogP contribution < -0.4 is 5.32 Å². The highest BCUT2D eigenvalue weighted by molar-refractivity contribution is 6.15. The molecule has 0 aromatic carbocycles. The number of allylic oxidation sites excluding steroid dienone is 6. The lowest BCUT2D eigenvalue weighted by Crippen LogP contribution is -2.30. The molecule has 4 heteroatoms. The first-order chi connectivity index (χ1) is 16.9. The van der Waals surface area contributed by atoms with Crippen LogP contribution in [0.1, 0.15) is 97.7 Å². The average molecular weight is 483 g/mol. The van der Waals surface area contributed by atoms with Crippen molar-refractivity contribution in [1.29, 1.82) is 0 Å². The highest BCUT2D eigenvalue weighted by atomic mass is 15.0. The van der Waals surface area contributed by atoms with Crippen molar-refractivity contribution in [2.75, 3.05) is 0 Å². The maximum atomic E-state index is 5.37. The van der Waals surface area contributed by atoms with Crippen LogP contribution in [0.15, 0.2) is 60.4 Å². The highest BCUT2D eigenvalue weighted by Gasteiger charge is 2.37. The van der Waals surface area contributed by atoms with Gasteiger partial charge in [-0.2, -0.15) is 0 Å². The zero-order valence-electron chi connectivity index (χ0n) is 24.2. The van der Waals surface area contributed by atoms with Crippen LogP contribution >= 0.6 is 0 Å². The van der Waals surface area contributed by atoms with Gasteiger partial charge < -0.3 is 10.3 Å². The predicted octanol–water partition coefficient (Wildman–Crippen LogP) is 7.65. The Kier molecular flexibility index (Phi) is 5.74. The molecule has 8 bridgehead atoms. The maximum Gasteiger partial charge on any atom is 0.0801 e. The molecule has 2 N–H and O–H groups in total. The topological polar surface area (TPSA) is 52.5 Å². The normalized spacial score (nSPS) is 32.6. The first kappa shape index (κ1) is 24.8. The smallest absolute Gasteiger partial charge is 0.0801 e. The predicted molar refractivity (Wildman–Crippen MR) is 154 cm³/mol. The Labute approximate surface area is 217 Å². The molecule has 4 nitrogen and oxygen atoms in total. The van der Waals surface area contributed by atoms with E-state index in [2.05, 4.69) is 93.4 Å². The van der Waals surface area contributed by atoms with E-state index in [1.165, 1.54) is 78.5 Å². The van der Waals surface area contributed by atoms with Gasteiger partial charge in [0.1, 0.15) is 0 Å². The van der Waals surface area contributed by atoms with E-state index in [4.69, 9.17) is 9.98 Å². The number of nitrogens with zero attached hydrogens (tertiary/aromatic N) is 2. The molecule has 0 fully saturated rings. The zero-order chi connectivity index (χ0) is 26.4. The van der Waals surface area contributed by atoms with Crippen LogP contribution in [-0.4, -0.2) is 28.5 Å². The van der Waals surface area contributed by atoms with Crippen LogP contribution in [-0.2, 0) is 0 Å². The van der Waals surface area contributed by atoms with Gasteiger partial charge in [0, 0.05) is 34.6 Å². The Morgan fingerprint density at radius 1 is 0.639 bits per heavy atom. The summed E-state index contributed by atoms with van der Waals surface area (Å²) < 4.78 is 0. The van der Waals surface area contributed by atoms with E-state index in [-0.39, 0.29) is 18.0 Å². The highest BCUT2D eigenvalue weighted by Crippen LogP contribution is 2.42. The molecule has 4 aliphatic rings. The second-order valence-electron chi connectivity index (χ2n) is 11.6. The second kappa shape index (κ2) is 8.33. The lowest BCUT2D eigenvalue weighted by atomic mass is 9.87. The number of nitrogens with one attached hydrogen (secondary N) is 2. The molecule has 1 aromatic heterocycles. The van der Waals surface area contributed by atoms with Crippen molar-refractivity contribution >= 4 is 17.0 Å². The molecular formula is C32H42N4. The minimum atomic E-state index is 0.118. The minimum Gasteiger partial charge on any atom is -0.377 e. The Morgan fingerprint density at radius 3 is 1.97 bits per heavy atom. The van der Waals surface area contributed by atoms with E-state index in [1.54, 1.807) is 0 Å². The number of rotatable bonds is 0. The van der Waals surface area contributed by atoms with E-state index >= 15 is 0 Å². The number of aromatic nitrogens is 1. The number of aromatic amines is 1. The lowest BCUT2D eigenvalue weighted by Gasteiger charge is -2.23. The van der Waals surface area contributed by atoms with Gasteiger partial charge in [0.05, 0.1) is 23.5 Å². The Hall–Kier alpha value is -2.88. The quantitative estimate of drug-likeness (QED) is 0.392. The van der Waals surface area contributed by atoms with Crippen molar-refractivity contribution in [2.24, 2.45) is 15.9 Å². The van der Waals surface area contributed by atoms with Gasteiger partial charge in [-0.05, 0) is 125 Å². The van der Waals surface area contributed by atoms with E-state index in [9.17, 15) is 0 Å². The number of aliphatic imine (C=N–C) groups is 2. The third-order valence-electron chi connectivity index (χ3n) is 9.85. The van der Waals surface area contributed by atoms with E-state index in [1.807, 2.05) is 0 Å². The summed E-state index contributed by atoms with van der Waals surface area (Å²) in [6.07, 6.45) is 0. The molecule has 4 unspecified atom stereocenters. The molecule has 36 heavy (non-hydrogen) atoms. The van der Waals surface area contributed by atoms with Crippen molar-refractivity contribution < 1.29 is 0 Å². The van der Waals surface area contributed by atoms with Gasteiger partial charge >= 0.3 is 0 Å². The van der Waals surface area contributed by atoms with Crippen LogP contribution in [0.5, 0.6) is 0 Å². The summed E-state index contributed by atoms with van der Waals surface area (Å²) in [6.45, 7) is 27.2. The maximum absolute atomic E-state index is 5.37. The second-order valence-corrected chi connectivity index (χ2v) is 11.6.